The van der Waals surface area contributed by atoms with Crippen molar-refractivity contribution in [3.63, 3.8) is 0 Å². The van der Waals surface area contributed by atoms with Gasteiger partial charge < -0.3 is 10.3 Å². The van der Waals surface area contributed by atoms with Crippen molar-refractivity contribution in [2.24, 2.45) is 5.92 Å². The summed E-state index contributed by atoms with van der Waals surface area (Å²) in [5.41, 5.74) is 2.00. The van der Waals surface area contributed by atoms with Gasteiger partial charge in [-0.25, -0.2) is 0 Å². The number of amides is 1. The van der Waals surface area contributed by atoms with Gasteiger partial charge in [0.1, 0.15) is 0 Å². The van der Waals surface area contributed by atoms with E-state index in [9.17, 15) is 4.79 Å². The number of rotatable bonds is 5. The molecule has 2 N–H and O–H groups in total. The van der Waals surface area contributed by atoms with Gasteiger partial charge in [-0.05, 0) is 55.6 Å². The number of likely N-dealkylation sites (tertiary alicyclic amines) is 1. The number of benzene rings is 1. The smallest absolute Gasteiger partial charge is 0.252 e. The van der Waals surface area contributed by atoms with Gasteiger partial charge in [0.25, 0.3) is 5.91 Å². The van der Waals surface area contributed by atoms with Gasteiger partial charge >= 0.3 is 0 Å². The van der Waals surface area contributed by atoms with Gasteiger partial charge in [0.2, 0.25) is 0 Å². The number of piperidine rings is 1. The fourth-order valence-electron chi connectivity index (χ4n) is 3.00. The van der Waals surface area contributed by atoms with Crippen molar-refractivity contribution in [2.75, 3.05) is 19.6 Å². The molecular weight excluding hydrogens is 310 g/mol. The Kier molecular flexibility index (Phi) is 5.36. The second-order valence-corrected chi connectivity index (χ2v) is 6.59. The van der Waals surface area contributed by atoms with E-state index in [0.717, 1.165) is 44.0 Å². The largest absolute Gasteiger partial charge is 0.367 e. The highest BCUT2D eigenvalue weighted by atomic mass is 35.5. The van der Waals surface area contributed by atoms with Crippen LogP contribution < -0.4 is 5.32 Å². The van der Waals surface area contributed by atoms with Crippen molar-refractivity contribution < 1.29 is 4.79 Å². The maximum Gasteiger partial charge on any atom is 0.252 e. The lowest BCUT2D eigenvalue weighted by Gasteiger charge is -2.32. The molecule has 0 atom stereocenters. The maximum absolute atomic E-state index is 11.9. The standard InChI is InChI=1S/C18H22ClN3O/c19-17-3-1-15(2-4-17)13-22-9-6-14(7-10-22)11-21-18(23)16-5-8-20-12-16/h1-5,8,12,14,20H,6-7,9-11,13H2,(H,21,23). The van der Waals surface area contributed by atoms with Crippen LogP contribution in [0.15, 0.2) is 42.7 Å². The first-order valence-electron chi connectivity index (χ1n) is 8.08. The Hall–Kier alpha value is -1.78. The fraction of sp³-hybridized carbons (Fsp3) is 0.389. The van der Waals surface area contributed by atoms with Crippen LogP contribution >= 0.6 is 11.6 Å². The van der Waals surface area contributed by atoms with Crippen molar-refractivity contribution in [3.8, 4) is 0 Å². The number of aromatic nitrogens is 1. The van der Waals surface area contributed by atoms with Crippen molar-refractivity contribution >= 4 is 17.5 Å². The molecule has 4 nitrogen and oxygen atoms in total. The Bertz CT molecular complexity index is 616. The molecule has 2 heterocycles. The molecule has 122 valence electrons. The lowest BCUT2D eigenvalue weighted by Crippen LogP contribution is -2.38. The Balaban J connectivity index is 1.40. The van der Waals surface area contributed by atoms with Crippen LogP contribution in [0.5, 0.6) is 0 Å². The predicted octanol–water partition coefficient (Wildman–Crippen LogP) is 3.31. The minimum absolute atomic E-state index is 0.00911. The molecule has 0 bridgehead atoms. The lowest BCUT2D eigenvalue weighted by atomic mass is 9.96. The number of aromatic amines is 1. The summed E-state index contributed by atoms with van der Waals surface area (Å²) < 4.78 is 0. The van der Waals surface area contributed by atoms with Gasteiger partial charge in [0.15, 0.2) is 0 Å². The Labute approximate surface area is 141 Å². The molecular formula is C18H22ClN3O. The van der Waals surface area contributed by atoms with E-state index < -0.39 is 0 Å². The second kappa shape index (κ2) is 7.66. The Morgan fingerprint density at radius 3 is 2.61 bits per heavy atom. The first-order valence-corrected chi connectivity index (χ1v) is 8.46. The highest BCUT2D eigenvalue weighted by Crippen LogP contribution is 2.19. The van der Waals surface area contributed by atoms with E-state index in [2.05, 4.69) is 27.3 Å². The molecule has 1 aliphatic rings. The average molecular weight is 332 g/mol. The van der Waals surface area contributed by atoms with Crippen molar-refractivity contribution in [1.29, 1.82) is 0 Å². The van der Waals surface area contributed by atoms with Gasteiger partial charge in [0, 0.05) is 30.5 Å². The summed E-state index contributed by atoms with van der Waals surface area (Å²) in [5, 5.41) is 3.82. The van der Waals surface area contributed by atoms with E-state index in [0.29, 0.717) is 11.5 Å². The number of hydrogen-bond donors (Lipinski definition) is 2. The Morgan fingerprint density at radius 1 is 1.22 bits per heavy atom. The molecule has 3 rings (SSSR count). The maximum atomic E-state index is 11.9. The number of carbonyl (C=O) groups is 1. The van der Waals surface area contributed by atoms with Gasteiger partial charge in [-0.3, -0.25) is 9.69 Å². The van der Waals surface area contributed by atoms with E-state index in [1.807, 2.05) is 12.1 Å². The zero-order valence-electron chi connectivity index (χ0n) is 13.1. The number of hydrogen-bond acceptors (Lipinski definition) is 2. The molecule has 1 aliphatic heterocycles. The van der Waals surface area contributed by atoms with Crippen LogP contribution in [0.3, 0.4) is 0 Å². The minimum Gasteiger partial charge on any atom is -0.367 e. The summed E-state index contributed by atoms with van der Waals surface area (Å²) >= 11 is 5.92. The molecule has 1 amide bonds. The van der Waals surface area contributed by atoms with E-state index in [-0.39, 0.29) is 5.91 Å². The number of nitrogens with one attached hydrogen (secondary N) is 2. The number of halogens is 1. The highest BCUT2D eigenvalue weighted by molar-refractivity contribution is 6.30. The molecule has 1 aromatic carbocycles. The summed E-state index contributed by atoms with van der Waals surface area (Å²) in [5.74, 6) is 0.578. The van der Waals surface area contributed by atoms with Crippen LogP contribution in [0.2, 0.25) is 5.02 Å². The molecule has 2 aromatic rings. The van der Waals surface area contributed by atoms with Crippen LogP contribution in [0.4, 0.5) is 0 Å². The molecule has 0 aliphatic carbocycles. The quantitative estimate of drug-likeness (QED) is 0.883. The zero-order chi connectivity index (χ0) is 16.1. The normalized spacial score (nSPS) is 16.4. The van der Waals surface area contributed by atoms with Crippen LogP contribution in [-0.2, 0) is 6.54 Å². The van der Waals surface area contributed by atoms with E-state index in [4.69, 9.17) is 11.6 Å². The topological polar surface area (TPSA) is 48.1 Å². The number of nitrogens with zero attached hydrogens (tertiary/aromatic N) is 1. The lowest BCUT2D eigenvalue weighted by molar-refractivity contribution is 0.0935. The third-order valence-electron chi connectivity index (χ3n) is 4.44. The molecule has 5 heteroatoms. The summed E-state index contributed by atoms with van der Waals surface area (Å²) in [4.78, 5) is 17.3. The molecule has 23 heavy (non-hydrogen) atoms. The first-order chi connectivity index (χ1) is 11.2. The molecule has 0 unspecified atom stereocenters. The van der Waals surface area contributed by atoms with Crippen molar-refractivity contribution in [3.05, 3.63) is 58.9 Å². The van der Waals surface area contributed by atoms with Crippen molar-refractivity contribution in [2.45, 2.75) is 19.4 Å². The third-order valence-corrected chi connectivity index (χ3v) is 4.69. The molecule has 0 spiro atoms. The highest BCUT2D eigenvalue weighted by Gasteiger charge is 2.20. The van der Waals surface area contributed by atoms with Gasteiger partial charge in [-0.15, -0.1) is 0 Å². The van der Waals surface area contributed by atoms with E-state index >= 15 is 0 Å². The summed E-state index contributed by atoms with van der Waals surface area (Å²) in [6.07, 6.45) is 5.75. The monoisotopic (exact) mass is 331 g/mol. The minimum atomic E-state index is 0.00911. The van der Waals surface area contributed by atoms with Crippen LogP contribution in [0.25, 0.3) is 0 Å². The van der Waals surface area contributed by atoms with E-state index in [1.165, 1.54) is 5.56 Å². The molecule has 0 radical (unpaired) electrons. The molecule has 1 saturated heterocycles. The molecule has 0 saturated carbocycles. The summed E-state index contributed by atoms with van der Waals surface area (Å²) in [6, 6.07) is 9.86. The fourth-order valence-corrected chi connectivity index (χ4v) is 3.13. The van der Waals surface area contributed by atoms with Gasteiger partial charge in [-0.2, -0.15) is 0 Å². The number of H-pyrrole nitrogens is 1. The third kappa shape index (κ3) is 4.60. The SMILES string of the molecule is O=C(NCC1CCN(Cc2ccc(Cl)cc2)CC1)c1cc[nH]c1. The number of carbonyl (C=O) groups excluding carboxylic acids is 1. The Morgan fingerprint density at radius 2 is 1.96 bits per heavy atom. The molecule has 1 aromatic heterocycles. The van der Waals surface area contributed by atoms with E-state index in [1.54, 1.807) is 18.5 Å². The zero-order valence-corrected chi connectivity index (χ0v) is 13.9. The van der Waals surface area contributed by atoms with Gasteiger partial charge in [0.05, 0.1) is 5.56 Å². The van der Waals surface area contributed by atoms with Crippen molar-refractivity contribution in [1.82, 2.24) is 15.2 Å². The predicted molar refractivity (Wildman–Crippen MR) is 92.6 cm³/mol. The van der Waals surface area contributed by atoms with Crippen LogP contribution in [0, 0.1) is 5.92 Å². The second-order valence-electron chi connectivity index (χ2n) is 6.16. The molecule has 1 fully saturated rings. The average Bonchev–Trinajstić information content (AvgIpc) is 3.11. The summed E-state index contributed by atoms with van der Waals surface area (Å²) in [7, 11) is 0. The van der Waals surface area contributed by atoms with Crippen LogP contribution in [-0.4, -0.2) is 35.4 Å². The van der Waals surface area contributed by atoms with Crippen LogP contribution in [0.1, 0.15) is 28.8 Å². The van der Waals surface area contributed by atoms with Gasteiger partial charge in [-0.1, -0.05) is 23.7 Å². The summed E-state index contributed by atoms with van der Waals surface area (Å²) in [6.45, 7) is 3.89. The first kappa shape index (κ1) is 16.1.